The molecule has 5 N–H and O–H groups in total. The quantitative estimate of drug-likeness (QED) is 0.0516. The topological polar surface area (TPSA) is 172 Å². The molecule has 0 bridgehead atoms. The van der Waals surface area contributed by atoms with E-state index in [1.54, 1.807) is 5.32 Å². The molecule has 1 aromatic rings. The van der Waals surface area contributed by atoms with Crippen LogP contribution in [0.15, 0.2) is 17.1 Å². The Morgan fingerprint density at radius 2 is 1.66 bits per heavy atom. The number of hydrogen-bond acceptors (Lipinski definition) is 9. The molecule has 1 aromatic heterocycles. The number of hydrogen-bond donors (Lipinski definition) is 5. The van der Waals surface area contributed by atoms with Crippen LogP contribution in [0, 0.1) is 4.77 Å². The number of carbonyl (C=O) groups is 1. The molecule has 1 aliphatic heterocycles. The van der Waals surface area contributed by atoms with E-state index in [2.05, 4.69) is 16.4 Å². The summed E-state index contributed by atoms with van der Waals surface area (Å²) in [7, 11) is -5.41. The number of phosphoric acid groups is 1. The van der Waals surface area contributed by atoms with E-state index in [9.17, 15) is 42.4 Å². The number of aromatic nitrogens is 2. The molecule has 12 nitrogen and oxygen atoms in total. The van der Waals surface area contributed by atoms with Crippen LogP contribution in [0.2, 0.25) is 0 Å². The van der Waals surface area contributed by atoms with Crippen molar-refractivity contribution in [3.63, 3.8) is 0 Å². The Morgan fingerprint density at radius 3 is 2.17 bits per heavy atom. The van der Waals surface area contributed by atoms with E-state index in [0.29, 0.717) is 12.8 Å². The normalized spacial score (nSPS) is 24.4. The van der Waals surface area contributed by atoms with Crippen LogP contribution in [-0.4, -0.2) is 73.8 Å². The Balaban J connectivity index is 1.89. The average molecular weight is 720 g/mol. The lowest BCUT2D eigenvalue weighted by molar-refractivity contribution is -0.174. The summed E-state index contributed by atoms with van der Waals surface area (Å²) in [5.41, 5.74) is -2.83. The molecule has 6 atom stereocenters. The average Bonchev–Trinajstić information content (AvgIpc) is 3.23. The number of ether oxygens (including phenoxy) is 1. The predicted octanol–water partition coefficient (Wildman–Crippen LogP) is 5.97. The minimum Gasteiger partial charge on any atom is -0.387 e. The van der Waals surface area contributed by atoms with Crippen LogP contribution >= 0.6 is 20.0 Å². The van der Waals surface area contributed by atoms with Gasteiger partial charge in [0.25, 0.3) is 5.56 Å². The Labute approximate surface area is 281 Å². The van der Waals surface area contributed by atoms with Gasteiger partial charge < -0.3 is 25.2 Å². The van der Waals surface area contributed by atoms with Gasteiger partial charge in [0, 0.05) is 12.3 Å². The fourth-order valence-electron chi connectivity index (χ4n) is 5.23. The smallest absolute Gasteiger partial charge is 0.387 e. The zero-order valence-electron chi connectivity index (χ0n) is 29.0. The first-order valence-electron chi connectivity index (χ1n) is 17.2. The fourth-order valence-corrected chi connectivity index (χ4v) is 6.15. The van der Waals surface area contributed by atoms with Crippen molar-refractivity contribution in [1.82, 2.24) is 14.9 Å². The number of nitrogens with zero attached hydrogens (tertiary/aromatic N) is 1. The van der Waals surface area contributed by atoms with E-state index in [0.717, 1.165) is 55.9 Å². The zero-order valence-corrected chi connectivity index (χ0v) is 28.7. The lowest BCUT2D eigenvalue weighted by atomic mass is 9.96. The van der Waals surface area contributed by atoms with Gasteiger partial charge in [-0.1, -0.05) is 96.8 Å². The summed E-state index contributed by atoms with van der Waals surface area (Å²) in [4.78, 5) is 35.7. The van der Waals surface area contributed by atoms with Gasteiger partial charge in [-0.15, -0.1) is 0 Å². The molecule has 2 heterocycles. The number of aromatic amines is 1. The molecule has 0 radical (unpaired) electrons. The lowest BCUT2D eigenvalue weighted by Crippen LogP contribution is -2.45. The number of halogens is 3. The van der Waals surface area contributed by atoms with Crippen molar-refractivity contribution in [3.05, 3.63) is 27.4 Å². The number of carbonyl (C=O) groups excluding carboxylic acids is 1. The Hall–Kier alpha value is -1.65. The second-order valence-corrected chi connectivity index (χ2v) is 13.9. The number of nitrogens with one attached hydrogen (secondary N) is 2. The van der Waals surface area contributed by atoms with Crippen molar-refractivity contribution < 1.29 is 54.2 Å². The van der Waals surface area contributed by atoms with Crippen LogP contribution in [-0.2, 0) is 23.1 Å². The molecule has 17 heteroatoms. The first-order valence-corrected chi connectivity index (χ1v) is 18.2. The highest BCUT2D eigenvalue weighted by molar-refractivity contribution is 7.71. The van der Waals surface area contributed by atoms with Crippen LogP contribution in [0.1, 0.15) is 119 Å². The first kappa shape index (κ1) is 38.2. The van der Waals surface area contributed by atoms with Crippen LogP contribution in [0.4, 0.5) is 13.2 Å². The number of amides is 1. The highest BCUT2D eigenvalue weighted by Crippen LogP contribution is 2.46. The number of rotatable bonds is 23. The highest BCUT2D eigenvalue weighted by Gasteiger charge is 2.53. The minimum atomic E-state index is -5.41. The van der Waals surface area contributed by atoms with Gasteiger partial charge in [-0.2, -0.15) is 13.2 Å². The van der Waals surface area contributed by atoms with Crippen LogP contribution in [0.5, 0.6) is 0 Å². The number of unbranched alkanes of at least 4 members (excludes halogenated alkanes) is 13. The molecule has 1 fully saturated rings. The SMILES string of the molecule is [2H]C([2H])(OP(=O)(O)OC[C@@H](CCCCCCCCCCCCCCCC)NC(=O)C(F)(F)F)[C@H]1O[C@@H](n2ccc(=O)[nH]c2=S)C(C)(O)[C@H]1O. The molecular formula is C30H51F3N3O9PS. The Bertz CT molecular complexity index is 1340. The van der Waals surface area contributed by atoms with E-state index in [1.807, 2.05) is 0 Å². The number of alkyl halides is 3. The summed E-state index contributed by atoms with van der Waals surface area (Å²) >= 11 is 5.04. The van der Waals surface area contributed by atoms with E-state index >= 15 is 0 Å². The standard InChI is InChI=1S/C30H51F3N3O9PS/c1-3-4-5-6-7-8-9-10-11-12-13-14-15-16-17-22(34-26(39)30(31,32)33)20-43-46(41,42)44-21-23-25(38)29(2,40)27(45-23)36-19-18-24(37)35-28(36)47/h18-19,22-23,25,27,38,40H,3-17,20-21H2,1-2H3,(H,34,39)(H,41,42)(H,35,37,47)/t22-,23-,25+,27-,29?/m1/s1/i21D2. The largest absolute Gasteiger partial charge is 0.472 e. The summed E-state index contributed by atoms with van der Waals surface area (Å²) in [6.45, 7) is -0.972. The predicted molar refractivity (Wildman–Crippen MR) is 171 cm³/mol. The van der Waals surface area contributed by atoms with Gasteiger partial charge in [0.05, 0.1) is 21.9 Å². The van der Waals surface area contributed by atoms with Gasteiger partial charge in [0.2, 0.25) is 0 Å². The van der Waals surface area contributed by atoms with Gasteiger partial charge in [-0.25, -0.2) is 4.57 Å². The number of aliphatic hydroxyl groups is 2. The van der Waals surface area contributed by atoms with Gasteiger partial charge >= 0.3 is 19.9 Å². The molecule has 1 aliphatic rings. The number of aliphatic hydroxyl groups excluding tert-OH is 1. The van der Waals surface area contributed by atoms with Crippen molar-refractivity contribution in [3.8, 4) is 0 Å². The molecule has 1 amide bonds. The third kappa shape index (κ3) is 14.8. The molecule has 0 saturated carbocycles. The van der Waals surface area contributed by atoms with Crippen LogP contribution in [0.3, 0.4) is 0 Å². The maximum absolute atomic E-state index is 13.0. The third-order valence-corrected chi connectivity index (χ3v) is 9.11. The van der Waals surface area contributed by atoms with Gasteiger partial charge in [0.15, 0.2) is 11.0 Å². The fraction of sp³-hybridized carbons (Fsp3) is 0.833. The molecule has 0 aromatic carbocycles. The van der Waals surface area contributed by atoms with E-state index in [4.69, 9.17) is 24.2 Å². The second-order valence-electron chi connectivity index (χ2n) is 12.1. The van der Waals surface area contributed by atoms with Gasteiger partial charge in [0.1, 0.15) is 17.8 Å². The van der Waals surface area contributed by atoms with Crippen molar-refractivity contribution in [2.24, 2.45) is 0 Å². The van der Waals surface area contributed by atoms with E-state index < -0.39 is 68.7 Å². The number of phosphoric ester groups is 1. The van der Waals surface area contributed by atoms with Gasteiger partial charge in [-0.05, 0) is 25.6 Å². The molecule has 272 valence electrons. The lowest BCUT2D eigenvalue weighted by Gasteiger charge is -2.28. The summed E-state index contributed by atoms with van der Waals surface area (Å²) < 4.78 is 83.8. The first-order chi connectivity index (χ1) is 22.8. The minimum absolute atomic E-state index is 0.0262. The van der Waals surface area contributed by atoms with Crippen molar-refractivity contribution in [1.29, 1.82) is 0 Å². The van der Waals surface area contributed by atoms with Crippen LogP contribution in [0.25, 0.3) is 0 Å². The summed E-state index contributed by atoms with van der Waals surface area (Å²) in [6.07, 6.45) is 4.98. The number of H-pyrrole nitrogens is 1. The molecule has 2 unspecified atom stereocenters. The molecular weight excluding hydrogens is 666 g/mol. The second kappa shape index (κ2) is 20.1. The molecule has 47 heavy (non-hydrogen) atoms. The molecule has 1 saturated heterocycles. The maximum Gasteiger partial charge on any atom is 0.472 e. The Morgan fingerprint density at radius 1 is 1.13 bits per heavy atom. The van der Waals surface area contributed by atoms with Crippen molar-refractivity contribution in [2.75, 3.05) is 13.2 Å². The maximum atomic E-state index is 13.0. The monoisotopic (exact) mass is 719 g/mol. The zero-order chi connectivity index (χ0) is 36.9. The third-order valence-electron chi connectivity index (χ3n) is 7.99. The van der Waals surface area contributed by atoms with Crippen LogP contribution < -0.4 is 10.9 Å². The van der Waals surface area contributed by atoms with E-state index in [-0.39, 0.29) is 11.2 Å². The molecule has 0 aliphatic carbocycles. The summed E-state index contributed by atoms with van der Waals surface area (Å²) in [6, 6.07) is -0.329. The van der Waals surface area contributed by atoms with Crippen molar-refractivity contribution >= 4 is 25.9 Å². The Kier molecular flexibility index (Phi) is 16.3. The summed E-state index contributed by atoms with van der Waals surface area (Å²) in [5.74, 6) is -2.27. The summed E-state index contributed by atoms with van der Waals surface area (Å²) in [5, 5.41) is 23.3. The highest BCUT2D eigenvalue weighted by atomic mass is 32.1. The van der Waals surface area contributed by atoms with Gasteiger partial charge in [-0.3, -0.25) is 28.2 Å². The van der Waals surface area contributed by atoms with Crippen molar-refractivity contribution in [2.45, 2.75) is 146 Å². The van der Waals surface area contributed by atoms with E-state index in [1.165, 1.54) is 44.9 Å². The molecule has 2 rings (SSSR count). The molecule has 0 spiro atoms.